The van der Waals surface area contributed by atoms with Crippen molar-refractivity contribution in [2.45, 2.75) is 102 Å². The fourth-order valence-electron chi connectivity index (χ4n) is 5.40. The lowest BCUT2D eigenvalue weighted by Gasteiger charge is -2.26. The third-order valence-corrected chi connectivity index (χ3v) is 7.85. The van der Waals surface area contributed by atoms with E-state index in [0.29, 0.717) is 25.9 Å². The van der Waals surface area contributed by atoms with Gasteiger partial charge in [-0.15, -0.1) is 0 Å². The van der Waals surface area contributed by atoms with E-state index in [4.69, 9.17) is 9.47 Å². The van der Waals surface area contributed by atoms with Gasteiger partial charge in [0, 0.05) is 25.4 Å². The van der Waals surface area contributed by atoms with E-state index in [1.165, 1.54) is 0 Å². The number of nitrogens with zero attached hydrogens (tertiary/aromatic N) is 1. The van der Waals surface area contributed by atoms with Crippen LogP contribution in [0.3, 0.4) is 0 Å². The summed E-state index contributed by atoms with van der Waals surface area (Å²) in [5.41, 5.74) is -0.184. The zero-order valence-corrected chi connectivity index (χ0v) is 25.0. The summed E-state index contributed by atoms with van der Waals surface area (Å²) >= 11 is 0. The van der Waals surface area contributed by atoms with E-state index in [9.17, 15) is 29.1 Å². The van der Waals surface area contributed by atoms with Crippen LogP contribution in [0.2, 0.25) is 0 Å². The van der Waals surface area contributed by atoms with Crippen molar-refractivity contribution in [3.05, 3.63) is 47.5 Å². The molecule has 1 fully saturated rings. The predicted molar refractivity (Wildman–Crippen MR) is 156 cm³/mol. The van der Waals surface area contributed by atoms with Crippen LogP contribution in [0.25, 0.3) is 0 Å². The van der Waals surface area contributed by atoms with Crippen molar-refractivity contribution in [1.82, 2.24) is 20.9 Å². The molecule has 0 spiro atoms. The Balaban J connectivity index is 1.46. The maximum atomic E-state index is 13.5. The van der Waals surface area contributed by atoms with Gasteiger partial charge in [0.05, 0.1) is 6.61 Å². The zero-order chi connectivity index (χ0) is 31.2. The van der Waals surface area contributed by atoms with Gasteiger partial charge < -0.3 is 30.5 Å². The van der Waals surface area contributed by atoms with Crippen LogP contribution in [0.5, 0.6) is 0 Å². The normalized spacial score (nSPS) is 26.8. The molecule has 1 aromatic carbocycles. The van der Waals surface area contributed by atoms with E-state index in [0.717, 1.165) is 30.4 Å². The lowest BCUT2D eigenvalue weighted by molar-refractivity contribution is -0.144. The zero-order valence-electron chi connectivity index (χ0n) is 25.0. The number of carboxylic acids is 1. The minimum Gasteiger partial charge on any atom is -0.479 e. The monoisotopic (exact) mass is 598 g/mol. The van der Waals surface area contributed by atoms with Crippen molar-refractivity contribution in [1.29, 1.82) is 0 Å². The van der Waals surface area contributed by atoms with Crippen LogP contribution in [0.1, 0.15) is 76.8 Å². The molecule has 0 bridgehead atoms. The quantitative estimate of drug-likeness (QED) is 0.375. The summed E-state index contributed by atoms with van der Waals surface area (Å²) in [4.78, 5) is 65.9. The third kappa shape index (κ3) is 8.48. The van der Waals surface area contributed by atoms with E-state index in [-0.39, 0.29) is 25.4 Å². The number of carboxylic acid groups (broad SMARTS) is 1. The molecule has 234 valence electrons. The number of fused-ring (bicyclic) bond motifs is 2. The molecule has 4 N–H and O–H groups in total. The lowest BCUT2D eigenvalue weighted by atomic mass is 10.1. The van der Waals surface area contributed by atoms with E-state index in [1.54, 1.807) is 25.7 Å². The van der Waals surface area contributed by atoms with E-state index < -0.39 is 53.2 Å². The molecule has 0 aromatic heterocycles. The van der Waals surface area contributed by atoms with Gasteiger partial charge in [0.2, 0.25) is 11.8 Å². The number of nitrogens with one attached hydrogen (secondary N) is 3. The number of allylic oxidation sites excluding steroid dienone is 1. The molecule has 1 unspecified atom stereocenters. The Morgan fingerprint density at radius 2 is 1.77 bits per heavy atom. The first-order valence-corrected chi connectivity index (χ1v) is 14.9. The number of hydrogen-bond donors (Lipinski definition) is 4. The minimum atomic E-state index is -1.47. The van der Waals surface area contributed by atoms with Gasteiger partial charge >= 0.3 is 18.2 Å². The smallest absolute Gasteiger partial charge is 0.410 e. The molecule has 0 radical (unpaired) electrons. The number of carbonyl (C=O) groups is 5. The average Bonchev–Trinajstić information content (AvgIpc) is 3.45. The standard InChI is InChI=1S/C31H42N4O8/c1-30(2,3)43-28(40)33-23-14-8-6-4-5-7-13-22-17-31(22,27(38)39)34-26(37)24(32-25(23)36)15-16-42-29(41)35-18-20-11-9-10-12-21(20)19-35/h7,9-13,22-24H,4-6,8,14-19H2,1-3H3,(H,32,36)(H,33,40)(H,34,37)(H,38,39)/b13-7-/t22?,23-,24-,31+/m0/s1. The van der Waals surface area contributed by atoms with Crippen molar-refractivity contribution in [3.8, 4) is 0 Å². The SMILES string of the molecule is CC(C)(C)OC(=O)N[C@H]1CCCCC/C=C\C2C[C@@]2(C(=O)O)NC(=O)[C@H](CCOC(=O)N2Cc3ccccc3C2)NC1=O. The highest BCUT2D eigenvalue weighted by molar-refractivity contribution is 5.95. The van der Waals surface area contributed by atoms with Gasteiger partial charge in [-0.05, 0) is 57.6 Å². The van der Waals surface area contributed by atoms with Crippen LogP contribution in [-0.2, 0) is 36.9 Å². The van der Waals surface area contributed by atoms with Gasteiger partial charge in [0.15, 0.2) is 0 Å². The second kappa shape index (κ2) is 13.5. The summed E-state index contributed by atoms with van der Waals surface area (Å²) in [5, 5.41) is 17.9. The first kappa shape index (κ1) is 31.8. The summed E-state index contributed by atoms with van der Waals surface area (Å²) in [5.74, 6) is -2.85. The molecule has 12 nitrogen and oxygen atoms in total. The van der Waals surface area contributed by atoms with Gasteiger partial charge in [0.25, 0.3) is 0 Å². The van der Waals surface area contributed by atoms with Crippen LogP contribution in [0.15, 0.2) is 36.4 Å². The number of carbonyl (C=O) groups excluding carboxylic acids is 4. The fourth-order valence-corrected chi connectivity index (χ4v) is 5.40. The number of hydrogen-bond acceptors (Lipinski definition) is 7. The highest BCUT2D eigenvalue weighted by atomic mass is 16.6. The first-order chi connectivity index (χ1) is 20.4. The molecule has 2 aliphatic heterocycles. The Kier molecular flexibility index (Phi) is 9.98. The highest BCUT2D eigenvalue weighted by Crippen LogP contribution is 2.45. The van der Waals surface area contributed by atoms with Gasteiger partial charge in [-0.2, -0.15) is 0 Å². The largest absolute Gasteiger partial charge is 0.479 e. The maximum Gasteiger partial charge on any atom is 0.410 e. The number of benzene rings is 1. The summed E-state index contributed by atoms with van der Waals surface area (Å²) in [6.45, 7) is 5.75. The predicted octanol–water partition coefficient (Wildman–Crippen LogP) is 3.39. The molecule has 1 aliphatic carbocycles. The average molecular weight is 599 g/mol. The molecule has 2 heterocycles. The highest BCUT2D eigenvalue weighted by Gasteiger charge is 2.60. The van der Waals surface area contributed by atoms with Crippen molar-refractivity contribution >= 4 is 30.0 Å². The summed E-state index contributed by atoms with van der Waals surface area (Å²) in [7, 11) is 0. The molecule has 1 aromatic rings. The number of rotatable bonds is 5. The molecule has 12 heteroatoms. The molecule has 4 rings (SSSR count). The molecule has 1 saturated carbocycles. The van der Waals surface area contributed by atoms with Crippen LogP contribution < -0.4 is 16.0 Å². The first-order valence-electron chi connectivity index (χ1n) is 14.9. The van der Waals surface area contributed by atoms with E-state index >= 15 is 0 Å². The van der Waals surface area contributed by atoms with Gasteiger partial charge in [-0.3, -0.25) is 14.5 Å². The Labute approximate surface area is 251 Å². The Bertz CT molecular complexity index is 1230. The molecule has 3 aliphatic rings. The summed E-state index contributed by atoms with van der Waals surface area (Å²) in [6.07, 6.45) is 5.86. The molecule has 4 amide bonds. The fraction of sp³-hybridized carbons (Fsp3) is 0.581. The van der Waals surface area contributed by atoms with Crippen molar-refractivity contribution in [2.75, 3.05) is 6.61 Å². The van der Waals surface area contributed by atoms with Crippen molar-refractivity contribution in [3.63, 3.8) is 0 Å². The summed E-state index contributed by atoms with van der Waals surface area (Å²) in [6, 6.07) is 5.49. The van der Waals surface area contributed by atoms with Gasteiger partial charge in [-0.1, -0.05) is 49.3 Å². The molecule has 0 saturated heterocycles. The second-order valence-electron chi connectivity index (χ2n) is 12.4. The number of ether oxygens (including phenoxy) is 2. The van der Waals surface area contributed by atoms with Crippen LogP contribution in [0.4, 0.5) is 9.59 Å². The third-order valence-electron chi connectivity index (χ3n) is 7.85. The number of amides is 4. The molecule has 4 atom stereocenters. The van der Waals surface area contributed by atoms with E-state index in [1.807, 2.05) is 36.4 Å². The van der Waals surface area contributed by atoms with Crippen LogP contribution in [0, 0.1) is 5.92 Å². The molecular formula is C31H42N4O8. The number of alkyl carbamates (subject to hydrolysis) is 1. The van der Waals surface area contributed by atoms with Gasteiger partial charge in [0.1, 0.15) is 23.2 Å². The minimum absolute atomic E-state index is 0.0978. The molecular weight excluding hydrogens is 556 g/mol. The summed E-state index contributed by atoms with van der Waals surface area (Å²) < 4.78 is 10.8. The molecule has 43 heavy (non-hydrogen) atoms. The second-order valence-corrected chi connectivity index (χ2v) is 12.4. The van der Waals surface area contributed by atoms with E-state index in [2.05, 4.69) is 16.0 Å². The lowest BCUT2D eigenvalue weighted by Crippen LogP contribution is -2.57. The van der Waals surface area contributed by atoms with Crippen LogP contribution >= 0.6 is 0 Å². The Hall–Kier alpha value is -4.09. The van der Waals surface area contributed by atoms with Crippen molar-refractivity contribution < 1.29 is 38.6 Å². The Morgan fingerprint density at radius 3 is 2.42 bits per heavy atom. The van der Waals surface area contributed by atoms with Crippen LogP contribution in [-0.4, -0.2) is 69.8 Å². The van der Waals surface area contributed by atoms with Gasteiger partial charge in [-0.25, -0.2) is 14.4 Å². The maximum absolute atomic E-state index is 13.5. The number of aliphatic carboxylic acids is 1. The Morgan fingerprint density at radius 1 is 1.07 bits per heavy atom. The topological polar surface area (TPSA) is 163 Å². The van der Waals surface area contributed by atoms with Crippen molar-refractivity contribution in [2.24, 2.45) is 5.92 Å².